The molecule has 1 heterocycles. The molecule has 1 aromatic heterocycles. The number of likely N-dealkylation sites (N-methyl/N-ethyl adjacent to an activating group) is 1. The molecule has 0 N–H and O–H groups in total. The predicted molar refractivity (Wildman–Crippen MR) is 112 cm³/mol. The molecule has 1 amide bonds. The molecule has 0 aliphatic rings. The maximum Gasteiger partial charge on any atom is 0.257 e. The molecule has 3 rings (SSSR count). The van der Waals surface area contributed by atoms with Crippen LogP contribution >= 0.6 is 0 Å². The Balaban J connectivity index is 2.12. The first kappa shape index (κ1) is 19.4. The van der Waals surface area contributed by atoms with Gasteiger partial charge in [-0.1, -0.05) is 42.5 Å². The van der Waals surface area contributed by atoms with Gasteiger partial charge < -0.3 is 9.64 Å². The summed E-state index contributed by atoms with van der Waals surface area (Å²) < 4.78 is 7.09. The molecule has 3 aromatic rings. The molecule has 5 heteroatoms. The molecule has 0 fully saturated rings. The van der Waals surface area contributed by atoms with Crippen molar-refractivity contribution < 1.29 is 9.53 Å². The zero-order chi connectivity index (χ0) is 20.1. The van der Waals surface area contributed by atoms with Crippen LogP contribution in [0.5, 0.6) is 5.75 Å². The molecule has 0 spiro atoms. The van der Waals surface area contributed by atoms with Crippen molar-refractivity contribution in [3.8, 4) is 22.7 Å². The lowest BCUT2D eigenvalue weighted by Gasteiger charge is -2.20. The SMILES string of the molecule is C=C(C)CN(CC)C(=O)c1cn(-c2ccccc2)nc1-c1cccc(OC)c1. The number of carbonyl (C=O) groups is 1. The van der Waals surface area contributed by atoms with Gasteiger partial charge >= 0.3 is 0 Å². The summed E-state index contributed by atoms with van der Waals surface area (Å²) in [5.41, 5.74) is 3.86. The van der Waals surface area contributed by atoms with E-state index in [2.05, 4.69) is 6.58 Å². The van der Waals surface area contributed by atoms with Gasteiger partial charge in [0, 0.05) is 24.8 Å². The normalized spacial score (nSPS) is 10.5. The third-order valence-corrected chi connectivity index (χ3v) is 4.44. The van der Waals surface area contributed by atoms with Crippen LogP contribution in [0.2, 0.25) is 0 Å². The van der Waals surface area contributed by atoms with Crippen molar-refractivity contribution in [3.05, 3.63) is 78.5 Å². The first-order chi connectivity index (χ1) is 13.5. The summed E-state index contributed by atoms with van der Waals surface area (Å²) in [6.07, 6.45) is 1.80. The van der Waals surface area contributed by atoms with Gasteiger partial charge in [-0.05, 0) is 38.1 Å². The summed E-state index contributed by atoms with van der Waals surface area (Å²) in [5, 5.41) is 4.73. The lowest BCUT2D eigenvalue weighted by Crippen LogP contribution is -2.32. The number of nitrogens with zero attached hydrogens (tertiary/aromatic N) is 3. The Morgan fingerprint density at radius 2 is 1.93 bits per heavy atom. The highest BCUT2D eigenvalue weighted by Crippen LogP contribution is 2.28. The number of benzene rings is 2. The van der Waals surface area contributed by atoms with E-state index in [4.69, 9.17) is 9.84 Å². The average molecular weight is 375 g/mol. The van der Waals surface area contributed by atoms with Crippen LogP contribution in [0.3, 0.4) is 0 Å². The van der Waals surface area contributed by atoms with Crippen LogP contribution < -0.4 is 4.74 Å². The summed E-state index contributed by atoms with van der Waals surface area (Å²) in [7, 11) is 1.62. The van der Waals surface area contributed by atoms with E-state index in [-0.39, 0.29) is 5.91 Å². The highest BCUT2D eigenvalue weighted by Gasteiger charge is 2.23. The lowest BCUT2D eigenvalue weighted by atomic mass is 10.1. The van der Waals surface area contributed by atoms with Crippen LogP contribution in [0.4, 0.5) is 0 Å². The first-order valence-electron chi connectivity index (χ1n) is 9.26. The van der Waals surface area contributed by atoms with Gasteiger partial charge in [0.2, 0.25) is 0 Å². The smallest absolute Gasteiger partial charge is 0.257 e. The second kappa shape index (κ2) is 8.57. The van der Waals surface area contributed by atoms with E-state index in [0.717, 1.165) is 22.6 Å². The number of carbonyl (C=O) groups excluding carboxylic acids is 1. The molecule has 0 saturated carbocycles. The van der Waals surface area contributed by atoms with E-state index in [1.807, 2.05) is 68.4 Å². The molecule has 2 aromatic carbocycles. The van der Waals surface area contributed by atoms with Crippen molar-refractivity contribution >= 4 is 5.91 Å². The average Bonchev–Trinajstić information content (AvgIpc) is 3.17. The van der Waals surface area contributed by atoms with Gasteiger partial charge in [-0.15, -0.1) is 0 Å². The molecule has 0 atom stereocenters. The van der Waals surface area contributed by atoms with E-state index < -0.39 is 0 Å². The minimum atomic E-state index is -0.0644. The fourth-order valence-corrected chi connectivity index (χ4v) is 3.05. The number of rotatable bonds is 7. The van der Waals surface area contributed by atoms with E-state index in [0.29, 0.717) is 24.3 Å². The molecule has 0 aliphatic carbocycles. The van der Waals surface area contributed by atoms with Crippen LogP contribution in [-0.4, -0.2) is 40.8 Å². The minimum Gasteiger partial charge on any atom is -0.497 e. The minimum absolute atomic E-state index is 0.0644. The van der Waals surface area contributed by atoms with Gasteiger partial charge in [-0.2, -0.15) is 5.10 Å². The second-order valence-corrected chi connectivity index (χ2v) is 6.68. The van der Waals surface area contributed by atoms with E-state index in [1.165, 1.54) is 0 Å². The van der Waals surface area contributed by atoms with E-state index in [1.54, 1.807) is 22.9 Å². The molecule has 0 saturated heterocycles. The lowest BCUT2D eigenvalue weighted by molar-refractivity contribution is 0.0779. The third-order valence-electron chi connectivity index (χ3n) is 4.44. The van der Waals surface area contributed by atoms with Crippen LogP contribution in [0.15, 0.2) is 72.9 Å². The fraction of sp³-hybridized carbons (Fsp3) is 0.217. The molecule has 0 unspecified atom stereocenters. The van der Waals surface area contributed by atoms with Crippen LogP contribution in [-0.2, 0) is 0 Å². The first-order valence-corrected chi connectivity index (χ1v) is 9.26. The van der Waals surface area contributed by atoms with Crippen LogP contribution in [0.1, 0.15) is 24.2 Å². The van der Waals surface area contributed by atoms with Gasteiger partial charge in [-0.25, -0.2) is 4.68 Å². The van der Waals surface area contributed by atoms with Crippen LogP contribution in [0, 0.1) is 0 Å². The Morgan fingerprint density at radius 1 is 1.18 bits per heavy atom. The highest BCUT2D eigenvalue weighted by atomic mass is 16.5. The summed E-state index contributed by atoms with van der Waals surface area (Å²) in [6, 6.07) is 17.4. The monoisotopic (exact) mass is 375 g/mol. The van der Waals surface area contributed by atoms with Gasteiger partial charge in [-0.3, -0.25) is 4.79 Å². The molecule has 0 radical (unpaired) electrons. The number of methoxy groups -OCH3 is 1. The van der Waals surface area contributed by atoms with E-state index in [9.17, 15) is 4.79 Å². The van der Waals surface area contributed by atoms with Crippen molar-refractivity contribution in [1.29, 1.82) is 0 Å². The summed E-state index contributed by atoms with van der Waals surface area (Å²) in [5.74, 6) is 0.657. The van der Waals surface area contributed by atoms with Crippen LogP contribution in [0.25, 0.3) is 16.9 Å². The predicted octanol–water partition coefficient (Wildman–Crippen LogP) is 4.59. The van der Waals surface area contributed by atoms with Crippen molar-refractivity contribution in [1.82, 2.24) is 14.7 Å². The van der Waals surface area contributed by atoms with Crippen molar-refractivity contribution in [2.45, 2.75) is 13.8 Å². The maximum atomic E-state index is 13.3. The Morgan fingerprint density at radius 3 is 2.57 bits per heavy atom. The third kappa shape index (κ3) is 4.14. The van der Waals surface area contributed by atoms with Crippen molar-refractivity contribution in [3.63, 3.8) is 0 Å². The Kier molecular flexibility index (Phi) is 5.94. The largest absolute Gasteiger partial charge is 0.497 e. The number of aromatic nitrogens is 2. The molecular formula is C23H25N3O2. The Labute approximate surface area is 165 Å². The topological polar surface area (TPSA) is 47.4 Å². The van der Waals surface area contributed by atoms with Gasteiger partial charge in [0.1, 0.15) is 11.4 Å². The van der Waals surface area contributed by atoms with Crippen molar-refractivity contribution in [2.75, 3.05) is 20.2 Å². The van der Waals surface area contributed by atoms with Gasteiger partial charge in [0.15, 0.2) is 0 Å². The standard InChI is InChI=1S/C23H25N3O2/c1-5-25(15-17(2)3)23(27)21-16-26(19-11-7-6-8-12-19)24-22(21)18-10-9-13-20(14-18)28-4/h6-14,16H,2,5,15H2,1,3-4H3. The van der Waals surface area contributed by atoms with Gasteiger partial charge in [0.05, 0.1) is 18.4 Å². The molecule has 0 aliphatic heterocycles. The number of ether oxygens (including phenoxy) is 1. The van der Waals surface area contributed by atoms with Crippen molar-refractivity contribution in [2.24, 2.45) is 0 Å². The van der Waals surface area contributed by atoms with E-state index >= 15 is 0 Å². The Bertz CT molecular complexity index is 977. The summed E-state index contributed by atoms with van der Waals surface area (Å²) in [6.45, 7) is 8.95. The molecule has 0 bridgehead atoms. The van der Waals surface area contributed by atoms with Gasteiger partial charge in [0.25, 0.3) is 5.91 Å². The number of para-hydroxylation sites is 1. The Hall–Kier alpha value is -3.34. The summed E-state index contributed by atoms with van der Waals surface area (Å²) >= 11 is 0. The molecular weight excluding hydrogens is 350 g/mol. The number of hydrogen-bond acceptors (Lipinski definition) is 3. The zero-order valence-electron chi connectivity index (χ0n) is 16.6. The maximum absolute atomic E-state index is 13.3. The quantitative estimate of drug-likeness (QED) is 0.568. The molecule has 5 nitrogen and oxygen atoms in total. The second-order valence-electron chi connectivity index (χ2n) is 6.68. The number of hydrogen-bond donors (Lipinski definition) is 0. The molecule has 28 heavy (non-hydrogen) atoms. The fourth-order valence-electron chi connectivity index (χ4n) is 3.05. The summed E-state index contributed by atoms with van der Waals surface area (Å²) in [4.78, 5) is 15.1. The number of amides is 1. The zero-order valence-corrected chi connectivity index (χ0v) is 16.6. The highest BCUT2D eigenvalue weighted by molar-refractivity contribution is 6.00. The molecule has 144 valence electrons.